The minimum Gasteiger partial charge on any atom is -0.397 e. The van der Waals surface area contributed by atoms with Gasteiger partial charge < -0.3 is 22.1 Å². The molecular formula is C15H16N4O2. The Kier molecular flexibility index (Phi) is 4.40. The van der Waals surface area contributed by atoms with Gasteiger partial charge in [0, 0.05) is 0 Å². The first kappa shape index (κ1) is 14.4. The molecule has 0 saturated heterocycles. The molecule has 6 heteroatoms. The van der Waals surface area contributed by atoms with Crippen molar-refractivity contribution < 1.29 is 9.59 Å². The third kappa shape index (κ3) is 3.97. The lowest BCUT2D eigenvalue weighted by molar-refractivity contribution is -0.123. The molecule has 0 bridgehead atoms. The fraction of sp³-hybridized carbons (Fsp3) is 0.0667. The number of hydrogen-bond donors (Lipinski definition) is 4. The van der Waals surface area contributed by atoms with Gasteiger partial charge in [-0.15, -0.1) is 0 Å². The zero-order chi connectivity index (χ0) is 15.2. The standard InChI is InChI=1S/C15H16N4O2/c16-10-5-1-3-7-12(10)18-14(20)9-15(21)19-13-8-4-2-6-11(13)17/h1-8H,9,16-17H2,(H,18,20)(H,19,21). The maximum absolute atomic E-state index is 11.8. The van der Waals surface area contributed by atoms with Gasteiger partial charge >= 0.3 is 0 Å². The van der Waals surface area contributed by atoms with Crippen LogP contribution in [0.25, 0.3) is 0 Å². The van der Waals surface area contributed by atoms with E-state index in [0.29, 0.717) is 22.7 Å². The summed E-state index contributed by atoms with van der Waals surface area (Å²) >= 11 is 0. The van der Waals surface area contributed by atoms with E-state index in [1.165, 1.54) is 0 Å². The molecule has 2 rings (SSSR count). The quantitative estimate of drug-likeness (QED) is 0.507. The van der Waals surface area contributed by atoms with Crippen molar-refractivity contribution >= 4 is 34.6 Å². The van der Waals surface area contributed by atoms with Crippen molar-refractivity contribution in [3.05, 3.63) is 48.5 Å². The van der Waals surface area contributed by atoms with Crippen molar-refractivity contribution in [2.45, 2.75) is 6.42 Å². The number of para-hydroxylation sites is 4. The first-order valence-corrected chi connectivity index (χ1v) is 6.35. The number of anilines is 4. The molecule has 108 valence electrons. The first-order valence-electron chi connectivity index (χ1n) is 6.35. The second kappa shape index (κ2) is 6.42. The van der Waals surface area contributed by atoms with Gasteiger partial charge in [-0.3, -0.25) is 9.59 Å². The molecule has 2 aromatic rings. The Hall–Kier alpha value is -3.02. The Morgan fingerprint density at radius 3 is 1.52 bits per heavy atom. The minimum absolute atomic E-state index is 0.317. The second-order valence-corrected chi connectivity index (χ2v) is 4.45. The van der Waals surface area contributed by atoms with Crippen molar-refractivity contribution in [2.75, 3.05) is 22.1 Å². The number of benzene rings is 2. The Morgan fingerprint density at radius 2 is 1.14 bits per heavy atom. The third-order valence-electron chi connectivity index (χ3n) is 2.79. The van der Waals surface area contributed by atoms with Crippen molar-refractivity contribution in [3.8, 4) is 0 Å². The van der Waals surface area contributed by atoms with Gasteiger partial charge in [-0.25, -0.2) is 0 Å². The molecule has 0 atom stereocenters. The molecule has 0 radical (unpaired) electrons. The monoisotopic (exact) mass is 284 g/mol. The number of hydrogen-bond acceptors (Lipinski definition) is 4. The van der Waals surface area contributed by atoms with E-state index >= 15 is 0 Å². The van der Waals surface area contributed by atoms with Gasteiger partial charge in [-0.2, -0.15) is 0 Å². The number of amides is 2. The van der Waals surface area contributed by atoms with Crippen LogP contribution < -0.4 is 22.1 Å². The summed E-state index contributed by atoms with van der Waals surface area (Å²) in [5, 5.41) is 5.17. The maximum Gasteiger partial charge on any atom is 0.233 e. The van der Waals surface area contributed by atoms with E-state index in [4.69, 9.17) is 11.5 Å². The van der Waals surface area contributed by atoms with Gasteiger partial charge in [-0.05, 0) is 24.3 Å². The van der Waals surface area contributed by atoms with Gasteiger partial charge in [0.05, 0.1) is 22.7 Å². The average molecular weight is 284 g/mol. The molecule has 0 aliphatic carbocycles. The van der Waals surface area contributed by atoms with Crippen LogP contribution in [-0.2, 0) is 9.59 Å². The number of rotatable bonds is 4. The van der Waals surface area contributed by atoms with Crippen LogP contribution in [-0.4, -0.2) is 11.8 Å². The smallest absolute Gasteiger partial charge is 0.233 e. The van der Waals surface area contributed by atoms with Crippen LogP contribution in [0, 0.1) is 0 Å². The molecule has 2 aromatic carbocycles. The van der Waals surface area contributed by atoms with E-state index < -0.39 is 11.8 Å². The lowest BCUT2D eigenvalue weighted by Crippen LogP contribution is -2.22. The molecule has 21 heavy (non-hydrogen) atoms. The average Bonchev–Trinajstić information content (AvgIpc) is 2.44. The van der Waals surface area contributed by atoms with E-state index in [0.717, 1.165) is 0 Å². The van der Waals surface area contributed by atoms with Gasteiger partial charge in [-0.1, -0.05) is 24.3 Å². The number of nitrogen functional groups attached to an aromatic ring is 2. The summed E-state index contributed by atoms with van der Waals surface area (Å²) in [4.78, 5) is 23.6. The van der Waals surface area contributed by atoms with Crippen LogP contribution in [0.1, 0.15) is 6.42 Å². The van der Waals surface area contributed by atoms with E-state index in [1.54, 1.807) is 48.5 Å². The van der Waals surface area contributed by atoms with Crippen LogP contribution in [0.5, 0.6) is 0 Å². The van der Waals surface area contributed by atoms with Crippen LogP contribution in [0.4, 0.5) is 22.7 Å². The minimum atomic E-state index is -0.445. The van der Waals surface area contributed by atoms with Crippen molar-refractivity contribution in [3.63, 3.8) is 0 Å². The summed E-state index contributed by atoms with van der Waals surface area (Å²) in [6.07, 6.45) is -0.317. The highest BCUT2D eigenvalue weighted by atomic mass is 16.2. The fourth-order valence-corrected chi connectivity index (χ4v) is 1.76. The predicted molar refractivity (Wildman–Crippen MR) is 83.6 cm³/mol. The molecule has 2 amide bonds. The number of nitrogens with one attached hydrogen (secondary N) is 2. The Morgan fingerprint density at radius 1 is 0.762 bits per heavy atom. The third-order valence-corrected chi connectivity index (χ3v) is 2.79. The van der Waals surface area contributed by atoms with E-state index in [2.05, 4.69) is 10.6 Å². The van der Waals surface area contributed by atoms with Gasteiger partial charge in [0.1, 0.15) is 6.42 Å². The zero-order valence-corrected chi connectivity index (χ0v) is 11.3. The second-order valence-electron chi connectivity index (χ2n) is 4.45. The molecular weight excluding hydrogens is 268 g/mol. The predicted octanol–water partition coefficient (Wildman–Crippen LogP) is 1.82. The molecule has 0 aliphatic heterocycles. The SMILES string of the molecule is Nc1ccccc1NC(=O)CC(=O)Nc1ccccc1N. The highest BCUT2D eigenvalue weighted by Crippen LogP contribution is 2.18. The van der Waals surface area contributed by atoms with E-state index in [1.807, 2.05) is 0 Å². The summed E-state index contributed by atoms with van der Waals surface area (Å²) in [5.74, 6) is -0.889. The summed E-state index contributed by atoms with van der Waals surface area (Å²) in [6, 6.07) is 13.7. The summed E-state index contributed by atoms with van der Waals surface area (Å²) < 4.78 is 0. The highest BCUT2D eigenvalue weighted by Gasteiger charge is 2.11. The summed E-state index contributed by atoms with van der Waals surface area (Å²) in [6.45, 7) is 0. The molecule has 0 saturated carbocycles. The van der Waals surface area contributed by atoms with Crippen LogP contribution in [0.2, 0.25) is 0 Å². The number of nitrogens with two attached hydrogens (primary N) is 2. The molecule has 0 unspecified atom stereocenters. The van der Waals surface area contributed by atoms with Crippen LogP contribution >= 0.6 is 0 Å². The molecule has 0 aliphatic rings. The lowest BCUT2D eigenvalue weighted by Gasteiger charge is -2.09. The van der Waals surface area contributed by atoms with Gasteiger partial charge in [0.25, 0.3) is 0 Å². The summed E-state index contributed by atoms with van der Waals surface area (Å²) in [5.41, 5.74) is 13.3. The molecule has 6 nitrogen and oxygen atoms in total. The largest absolute Gasteiger partial charge is 0.397 e. The van der Waals surface area contributed by atoms with E-state index in [9.17, 15) is 9.59 Å². The number of carbonyl (C=O) groups is 2. The van der Waals surface area contributed by atoms with Crippen LogP contribution in [0.15, 0.2) is 48.5 Å². The zero-order valence-electron chi connectivity index (χ0n) is 11.3. The topological polar surface area (TPSA) is 110 Å². The molecule has 0 fully saturated rings. The van der Waals surface area contributed by atoms with E-state index in [-0.39, 0.29) is 6.42 Å². The summed E-state index contributed by atoms with van der Waals surface area (Å²) in [7, 11) is 0. The first-order chi connectivity index (χ1) is 10.1. The Labute approximate surface area is 122 Å². The lowest BCUT2D eigenvalue weighted by atomic mass is 10.2. The Bertz CT molecular complexity index is 613. The Balaban J connectivity index is 1.93. The number of carbonyl (C=O) groups excluding carboxylic acids is 2. The van der Waals surface area contributed by atoms with Crippen molar-refractivity contribution in [2.24, 2.45) is 0 Å². The highest BCUT2D eigenvalue weighted by molar-refractivity contribution is 6.09. The van der Waals surface area contributed by atoms with Crippen molar-refractivity contribution in [1.29, 1.82) is 0 Å². The molecule has 0 aromatic heterocycles. The van der Waals surface area contributed by atoms with Gasteiger partial charge in [0.15, 0.2) is 0 Å². The molecule has 0 heterocycles. The fourth-order valence-electron chi connectivity index (χ4n) is 1.76. The van der Waals surface area contributed by atoms with Crippen LogP contribution in [0.3, 0.4) is 0 Å². The normalized spacial score (nSPS) is 9.90. The van der Waals surface area contributed by atoms with Crippen molar-refractivity contribution in [1.82, 2.24) is 0 Å². The maximum atomic E-state index is 11.8. The molecule has 6 N–H and O–H groups in total. The van der Waals surface area contributed by atoms with Gasteiger partial charge in [0.2, 0.25) is 11.8 Å². The molecule has 0 spiro atoms.